The van der Waals surface area contributed by atoms with Crippen LogP contribution >= 0.6 is 0 Å². The zero-order valence-corrected chi connectivity index (χ0v) is 7.16. The lowest BCUT2D eigenvalue weighted by atomic mass is 10.3. The van der Waals surface area contributed by atoms with E-state index in [2.05, 4.69) is 0 Å². The molecule has 0 aliphatic heterocycles. The van der Waals surface area contributed by atoms with Crippen molar-refractivity contribution in [3.63, 3.8) is 0 Å². The minimum absolute atomic E-state index is 0.195. The van der Waals surface area contributed by atoms with Crippen LogP contribution in [-0.4, -0.2) is 48.8 Å². The zero-order chi connectivity index (χ0) is 8.69. The van der Waals surface area contributed by atoms with Crippen molar-refractivity contribution < 1.29 is 9.90 Å². The molecule has 4 nitrogen and oxygen atoms in total. The first kappa shape index (κ1) is 10.4. The second kappa shape index (κ2) is 6.12. The van der Waals surface area contributed by atoms with Gasteiger partial charge < -0.3 is 5.11 Å². The van der Waals surface area contributed by atoms with Crippen molar-refractivity contribution in [1.29, 1.82) is 0 Å². The molecule has 66 valence electrons. The summed E-state index contributed by atoms with van der Waals surface area (Å²) in [7, 11) is 3.63. The summed E-state index contributed by atoms with van der Waals surface area (Å²) >= 11 is 0. The van der Waals surface area contributed by atoms with E-state index in [4.69, 9.17) is 5.11 Å². The van der Waals surface area contributed by atoms with Gasteiger partial charge in [0, 0.05) is 27.2 Å². The molecule has 0 aliphatic rings. The number of rotatable bonds is 6. The van der Waals surface area contributed by atoms with Gasteiger partial charge >= 0.3 is 0 Å². The largest absolute Gasteiger partial charge is 0.396 e. The highest BCUT2D eigenvalue weighted by Gasteiger charge is 2.01. The predicted octanol–water partition coefficient (Wildman–Crippen LogP) is -0.306. The molecule has 1 N–H and O–H groups in total. The van der Waals surface area contributed by atoms with E-state index in [1.54, 1.807) is 10.0 Å². The molecule has 0 aliphatic carbocycles. The van der Waals surface area contributed by atoms with E-state index >= 15 is 0 Å². The van der Waals surface area contributed by atoms with Crippen LogP contribution in [0.5, 0.6) is 0 Å². The fourth-order valence-corrected chi connectivity index (χ4v) is 0.733. The third-order valence-electron chi connectivity index (χ3n) is 1.43. The molecule has 1 amide bonds. The van der Waals surface area contributed by atoms with Gasteiger partial charge in [0.25, 0.3) is 0 Å². The first-order valence-corrected chi connectivity index (χ1v) is 3.72. The monoisotopic (exact) mass is 160 g/mol. The Kier molecular flexibility index (Phi) is 5.78. The molecule has 0 radical (unpaired) electrons. The molecule has 0 aromatic carbocycles. The third kappa shape index (κ3) is 4.75. The highest BCUT2D eigenvalue weighted by molar-refractivity contribution is 5.45. The molecule has 0 aromatic heterocycles. The van der Waals surface area contributed by atoms with Gasteiger partial charge in [0.1, 0.15) is 0 Å². The molecular weight excluding hydrogens is 144 g/mol. The van der Waals surface area contributed by atoms with Crippen molar-refractivity contribution in [1.82, 2.24) is 10.0 Å². The van der Waals surface area contributed by atoms with Gasteiger partial charge in [-0.3, -0.25) is 9.80 Å². The summed E-state index contributed by atoms with van der Waals surface area (Å²) in [6.07, 6.45) is 2.38. The summed E-state index contributed by atoms with van der Waals surface area (Å²) in [5.74, 6) is 0. The van der Waals surface area contributed by atoms with E-state index in [1.807, 2.05) is 14.1 Å². The maximum absolute atomic E-state index is 10.4. The molecule has 0 atom stereocenters. The molecule has 0 spiro atoms. The van der Waals surface area contributed by atoms with Gasteiger partial charge in [-0.25, -0.2) is 5.01 Å². The van der Waals surface area contributed by atoms with Crippen molar-refractivity contribution >= 4 is 6.41 Å². The highest BCUT2D eigenvalue weighted by Crippen LogP contribution is 1.93. The van der Waals surface area contributed by atoms with Crippen LogP contribution in [0.25, 0.3) is 0 Å². The highest BCUT2D eigenvalue weighted by atomic mass is 16.3. The molecular formula is C7H16N2O2. The number of carbonyl (C=O) groups excluding carboxylic acids is 1. The summed E-state index contributed by atoms with van der Waals surface area (Å²) in [5.41, 5.74) is 0. The second-order valence-electron chi connectivity index (χ2n) is 2.55. The first-order chi connectivity index (χ1) is 5.22. The number of carbonyl (C=O) groups is 1. The zero-order valence-electron chi connectivity index (χ0n) is 7.16. The lowest BCUT2D eigenvalue weighted by molar-refractivity contribution is -0.130. The van der Waals surface area contributed by atoms with Crippen molar-refractivity contribution in [2.45, 2.75) is 12.8 Å². The quantitative estimate of drug-likeness (QED) is 0.329. The number of amides is 1. The Hall–Kier alpha value is -0.610. The van der Waals surface area contributed by atoms with Crippen LogP contribution in [0.3, 0.4) is 0 Å². The molecule has 0 fully saturated rings. The van der Waals surface area contributed by atoms with E-state index in [9.17, 15) is 4.79 Å². The lowest BCUT2D eigenvalue weighted by Crippen LogP contribution is -2.36. The maximum atomic E-state index is 10.4. The van der Waals surface area contributed by atoms with Gasteiger partial charge in [0.15, 0.2) is 0 Å². The number of unbranched alkanes of at least 4 members (excludes halogenated alkanes) is 1. The van der Waals surface area contributed by atoms with Gasteiger partial charge in [-0.1, -0.05) is 0 Å². The molecule has 0 unspecified atom stereocenters. The topological polar surface area (TPSA) is 43.8 Å². The van der Waals surface area contributed by atoms with E-state index in [0.717, 1.165) is 19.3 Å². The molecule has 0 saturated carbocycles. The van der Waals surface area contributed by atoms with E-state index in [-0.39, 0.29) is 6.61 Å². The summed E-state index contributed by atoms with van der Waals surface area (Å²) in [5, 5.41) is 11.8. The minimum atomic E-state index is 0.195. The first-order valence-electron chi connectivity index (χ1n) is 3.72. The SMILES string of the molecule is CN(C)N(C=O)CCCCO. The number of aliphatic hydroxyl groups is 1. The summed E-state index contributed by atoms with van der Waals surface area (Å²) in [4.78, 5) is 10.4. The van der Waals surface area contributed by atoms with Crippen LogP contribution in [0, 0.1) is 0 Å². The Balaban J connectivity index is 3.44. The normalized spacial score (nSPS) is 10.2. The van der Waals surface area contributed by atoms with Gasteiger partial charge in [0.05, 0.1) is 0 Å². The molecule has 0 rings (SSSR count). The fourth-order valence-electron chi connectivity index (χ4n) is 0.733. The summed E-state index contributed by atoms with van der Waals surface area (Å²) < 4.78 is 0. The van der Waals surface area contributed by atoms with Gasteiger partial charge in [-0.2, -0.15) is 0 Å². The minimum Gasteiger partial charge on any atom is -0.396 e. The Morgan fingerprint density at radius 1 is 1.36 bits per heavy atom. The molecule has 0 bridgehead atoms. The van der Waals surface area contributed by atoms with E-state index in [1.165, 1.54) is 0 Å². The Morgan fingerprint density at radius 2 is 2.00 bits per heavy atom. The van der Waals surface area contributed by atoms with Crippen molar-refractivity contribution in [3.05, 3.63) is 0 Å². The number of hydrazine groups is 1. The average Bonchev–Trinajstić information content (AvgIpc) is 1.97. The third-order valence-corrected chi connectivity index (χ3v) is 1.43. The maximum Gasteiger partial charge on any atom is 0.224 e. The van der Waals surface area contributed by atoms with Gasteiger partial charge in [-0.15, -0.1) is 0 Å². The van der Waals surface area contributed by atoms with Crippen LogP contribution in [0.1, 0.15) is 12.8 Å². The lowest BCUT2D eigenvalue weighted by Gasteiger charge is -2.23. The van der Waals surface area contributed by atoms with Crippen LogP contribution < -0.4 is 0 Å². The molecule has 0 saturated heterocycles. The summed E-state index contributed by atoms with van der Waals surface area (Å²) in [6, 6.07) is 0. The van der Waals surface area contributed by atoms with E-state index in [0.29, 0.717) is 6.54 Å². The van der Waals surface area contributed by atoms with Crippen LogP contribution in [0.4, 0.5) is 0 Å². The Bertz CT molecular complexity index is 107. The number of hydrogen-bond donors (Lipinski definition) is 1. The standard InChI is InChI=1S/C7H16N2O2/c1-8(2)9(7-11)5-3-4-6-10/h7,10H,3-6H2,1-2H3. The smallest absolute Gasteiger partial charge is 0.224 e. The van der Waals surface area contributed by atoms with Crippen LogP contribution in [0.2, 0.25) is 0 Å². The molecule has 0 aromatic rings. The van der Waals surface area contributed by atoms with Crippen LogP contribution in [0.15, 0.2) is 0 Å². The van der Waals surface area contributed by atoms with Gasteiger partial charge in [-0.05, 0) is 12.8 Å². The average molecular weight is 160 g/mol. The molecule has 0 heterocycles. The van der Waals surface area contributed by atoms with Crippen LogP contribution in [-0.2, 0) is 4.79 Å². The predicted molar refractivity (Wildman–Crippen MR) is 42.8 cm³/mol. The number of aliphatic hydroxyl groups excluding tert-OH is 1. The number of hydrogen-bond acceptors (Lipinski definition) is 3. The fraction of sp³-hybridized carbons (Fsp3) is 0.857. The molecule has 11 heavy (non-hydrogen) atoms. The number of nitrogens with zero attached hydrogens (tertiary/aromatic N) is 2. The van der Waals surface area contributed by atoms with Crippen molar-refractivity contribution in [2.24, 2.45) is 0 Å². The van der Waals surface area contributed by atoms with Gasteiger partial charge in [0.2, 0.25) is 6.41 Å². The Labute approximate surface area is 67.4 Å². The summed E-state index contributed by atoms with van der Waals surface area (Å²) in [6.45, 7) is 0.872. The van der Waals surface area contributed by atoms with Crippen molar-refractivity contribution in [3.8, 4) is 0 Å². The molecule has 4 heteroatoms. The van der Waals surface area contributed by atoms with Crippen molar-refractivity contribution in [2.75, 3.05) is 27.2 Å². The second-order valence-corrected chi connectivity index (χ2v) is 2.55. The van der Waals surface area contributed by atoms with E-state index < -0.39 is 0 Å². The Morgan fingerprint density at radius 3 is 2.36 bits per heavy atom.